The zero-order valence-corrected chi connectivity index (χ0v) is 13.2. The number of Topliss-reactive ketones (excluding diaryl/α,β-unsaturated/α-hetero) is 1. The molecule has 1 aromatic heterocycles. The first-order chi connectivity index (χ1) is 10.4. The van der Waals surface area contributed by atoms with Crippen molar-refractivity contribution in [1.82, 2.24) is 4.98 Å². The van der Waals surface area contributed by atoms with E-state index in [1.807, 2.05) is 6.92 Å². The molecule has 5 heteroatoms. The van der Waals surface area contributed by atoms with E-state index in [-0.39, 0.29) is 11.7 Å². The summed E-state index contributed by atoms with van der Waals surface area (Å²) in [6, 6.07) is 7.17. The third kappa shape index (κ3) is 3.19. The molecular weight excluding hydrogens is 280 g/mol. The minimum absolute atomic E-state index is 0.0827. The van der Waals surface area contributed by atoms with E-state index in [0.29, 0.717) is 34.8 Å². The molecule has 2 aromatic rings. The number of aryl methyl sites for hydroxylation is 1. The number of benzene rings is 1. The van der Waals surface area contributed by atoms with Gasteiger partial charge in [0.05, 0.1) is 17.9 Å². The number of rotatable bonds is 5. The van der Waals surface area contributed by atoms with E-state index in [1.54, 1.807) is 38.1 Å². The molecule has 0 saturated heterocycles. The maximum Gasteiger partial charge on any atom is 0.257 e. The molecule has 22 heavy (non-hydrogen) atoms. The van der Waals surface area contributed by atoms with Crippen molar-refractivity contribution in [1.29, 1.82) is 0 Å². The first-order valence-corrected chi connectivity index (χ1v) is 7.18. The van der Waals surface area contributed by atoms with Crippen LogP contribution in [0.5, 0.6) is 5.75 Å². The highest BCUT2D eigenvalue weighted by atomic mass is 16.5. The lowest BCUT2D eigenvalue weighted by Gasteiger charge is -2.08. The van der Waals surface area contributed by atoms with Crippen molar-refractivity contribution in [3.8, 4) is 5.75 Å². The normalized spacial score (nSPS) is 10.4. The number of hydrogen-bond donors (Lipinski definition) is 2. The van der Waals surface area contributed by atoms with Crippen LogP contribution in [-0.4, -0.2) is 23.3 Å². The largest absolute Gasteiger partial charge is 0.494 e. The third-order valence-corrected chi connectivity index (χ3v) is 3.44. The molecule has 116 valence electrons. The van der Waals surface area contributed by atoms with Gasteiger partial charge in [0.2, 0.25) is 0 Å². The van der Waals surface area contributed by atoms with Gasteiger partial charge in [0, 0.05) is 18.3 Å². The van der Waals surface area contributed by atoms with Gasteiger partial charge in [-0.3, -0.25) is 9.59 Å². The number of H-pyrrole nitrogens is 1. The van der Waals surface area contributed by atoms with Gasteiger partial charge in [0.1, 0.15) is 5.75 Å². The highest BCUT2D eigenvalue weighted by molar-refractivity contribution is 6.08. The topological polar surface area (TPSA) is 71.2 Å². The SMILES string of the molecule is CCOc1ccc(NC(=O)c2c(C)[nH]c(C(C)=O)c2C)cc1. The van der Waals surface area contributed by atoms with Crippen LogP contribution in [0.3, 0.4) is 0 Å². The van der Waals surface area contributed by atoms with Crippen LogP contribution in [0.15, 0.2) is 24.3 Å². The van der Waals surface area contributed by atoms with E-state index < -0.39 is 0 Å². The molecule has 1 aromatic carbocycles. The van der Waals surface area contributed by atoms with Crippen LogP contribution >= 0.6 is 0 Å². The number of amides is 1. The Labute approximate surface area is 129 Å². The molecule has 0 radical (unpaired) electrons. The Bertz CT molecular complexity index is 699. The van der Waals surface area contributed by atoms with Crippen LogP contribution in [0, 0.1) is 13.8 Å². The number of carbonyl (C=O) groups is 2. The summed E-state index contributed by atoms with van der Waals surface area (Å²) >= 11 is 0. The fraction of sp³-hybridized carbons (Fsp3) is 0.294. The fourth-order valence-electron chi connectivity index (χ4n) is 2.44. The van der Waals surface area contributed by atoms with E-state index in [0.717, 1.165) is 5.75 Å². The zero-order chi connectivity index (χ0) is 16.3. The molecular formula is C17H20N2O3. The number of ketones is 1. The summed E-state index contributed by atoms with van der Waals surface area (Å²) in [6.07, 6.45) is 0. The summed E-state index contributed by atoms with van der Waals surface area (Å²) in [5, 5.41) is 2.84. The molecule has 1 heterocycles. The molecule has 0 bridgehead atoms. The Hall–Kier alpha value is -2.56. The van der Waals surface area contributed by atoms with E-state index in [9.17, 15) is 9.59 Å². The predicted molar refractivity (Wildman–Crippen MR) is 85.8 cm³/mol. The molecule has 2 N–H and O–H groups in total. The minimum Gasteiger partial charge on any atom is -0.494 e. The molecule has 0 saturated carbocycles. The Kier molecular flexibility index (Phi) is 4.65. The monoisotopic (exact) mass is 300 g/mol. The molecule has 0 atom stereocenters. The van der Waals surface area contributed by atoms with Crippen molar-refractivity contribution >= 4 is 17.4 Å². The molecule has 0 aliphatic heterocycles. The summed E-state index contributed by atoms with van der Waals surface area (Å²) in [6.45, 7) is 7.55. The van der Waals surface area contributed by atoms with Crippen LogP contribution in [-0.2, 0) is 0 Å². The third-order valence-electron chi connectivity index (χ3n) is 3.44. The highest BCUT2D eigenvalue weighted by Gasteiger charge is 2.20. The van der Waals surface area contributed by atoms with Crippen molar-refractivity contribution < 1.29 is 14.3 Å². The van der Waals surface area contributed by atoms with Gasteiger partial charge in [-0.15, -0.1) is 0 Å². The Morgan fingerprint density at radius 3 is 2.32 bits per heavy atom. The number of carbonyl (C=O) groups excluding carboxylic acids is 2. The summed E-state index contributed by atoms with van der Waals surface area (Å²) in [5.74, 6) is 0.442. The summed E-state index contributed by atoms with van der Waals surface area (Å²) < 4.78 is 5.36. The van der Waals surface area contributed by atoms with E-state index >= 15 is 0 Å². The molecule has 0 aliphatic carbocycles. The molecule has 2 rings (SSSR count). The summed E-state index contributed by atoms with van der Waals surface area (Å²) in [4.78, 5) is 26.9. The van der Waals surface area contributed by atoms with Crippen molar-refractivity contribution in [2.75, 3.05) is 11.9 Å². The molecule has 0 unspecified atom stereocenters. The lowest BCUT2D eigenvalue weighted by Crippen LogP contribution is -2.13. The van der Waals surface area contributed by atoms with E-state index in [4.69, 9.17) is 4.74 Å². The number of nitrogens with one attached hydrogen (secondary N) is 2. The van der Waals surface area contributed by atoms with Gasteiger partial charge >= 0.3 is 0 Å². The van der Waals surface area contributed by atoms with Gasteiger partial charge in [0.15, 0.2) is 5.78 Å². The summed E-state index contributed by atoms with van der Waals surface area (Å²) in [5.41, 5.74) is 3.03. The highest BCUT2D eigenvalue weighted by Crippen LogP contribution is 2.21. The maximum atomic E-state index is 12.4. The van der Waals surface area contributed by atoms with Crippen molar-refractivity contribution in [3.05, 3.63) is 46.8 Å². The van der Waals surface area contributed by atoms with Gasteiger partial charge in [-0.25, -0.2) is 0 Å². The first-order valence-electron chi connectivity index (χ1n) is 7.18. The minimum atomic E-state index is -0.233. The van der Waals surface area contributed by atoms with Crippen molar-refractivity contribution in [3.63, 3.8) is 0 Å². The molecule has 0 aliphatic rings. The zero-order valence-electron chi connectivity index (χ0n) is 13.2. The molecule has 1 amide bonds. The second-order valence-electron chi connectivity index (χ2n) is 5.09. The Balaban J connectivity index is 2.20. The van der Waals surface area contributed by atoms with Gasteiger partial charge in [-0.2, -0.15) is 0 Å². The number of aromatic nitrogens is 1. The molecule has 0 fully saturated rings. The van der Waals surface area contributed by atoms with E-state index in [1.165, 1.54) is 6.92 Å². The maximum absolute atomic E-state index is 12.4. The number of ether oxygens (including phenoxy) is 1. The van der Waals surface area contributed by atoms with Crippen LogP contribution in [0.4, 0.5) is 5.69 Å². The van der Waals surface area contributed by atoms with Crippen LogP contribution in [0.2, 0.25) is 0 Å². The quantitative estimate of drug-likeness (QED) is 0.830. The average molecular weight is 300 g/mol. The van der Waals surface area contributed by atoms with Gasteiger partial charge < -0.3 is 15.0 Å². The molecule has 0 spiro atoms. The standard InChI is InChI=1S/C17H20N2O3/c1-5-22-14-8-6-13(7-9-14)19-17(21)15-10(2)16(12(4)20)18-11(15)3/h6-9,18H,5H2,1-4H3,(H,19,21). The van der Waals surface area contributed by atoms with Gasteiger partial charge in [0.25, 0.3) is 5.91 Å². The fourth-order valence-corrected chi connectivity index (χ4v) is 2.44. The van der Waals surface area contributed by atoms with Crippen LogP contribution in [0.1, 0.15) is 46.0 Å². The summed E-state index contributed by atoms with van der Waals surface area (Å²) in [7, 11) is 0. The lowest BCUT2D eigenvalue weighted by molar-refractivity contribution is 0.101. The Morgan fingerprint density at radius 2 is 1.82 bits per heavy atom. The number of hydrogen-bond acceptors (Lipinski definition) is 3. The van der Waals surface area contributed by atoms with Gasteiger partial charge in [-0.05, 0) is 50.6 Å². The average Bonchev–Trinajstić information content (AvgIpc) is 2.76. The van der Waals surface area contributed by atoms with Gasteiger partial charge in [-0.1, -0.05) is 0 Å². The van der Waals surface area contributed by atoms with Crippen molar-refractivity contribution in [2.45, 2.75) is 27.7 Å². The van der Waals surface area contributed by atoms with Crippen LogP contribution < -0.4 is 10.1 Å². The Morgan fingerprint density at radius 1 is 1.18 bits per heavy atom. The first kappa shape index (κ1) is 15.8. The number of aromatic amines is 1. The smallest absolute Gasteiger partial charge is 0.257 e. The second kappa shape index (κ2) is 6.47. The van der Waals surface area contributed by atoms with Crippen molar-refractivity contribution in [2.24, 2.45) is 0 Å². The van der Waals surface area contributed by atoms with E-state index in [2.05, 4.69) is 10.3 Å². The second-order valence-corrected chi connectivity index (χ2v) is 5.09. The lowest BCUT2D eigenvalue weighted by atomic mass is 10.1. The predicted octanol–water partition coefficient (Wildman–Crippen LogP) is 3.49. The molecule has 5 nitrogen and oxygen atoms in total. The van der Waals surface area contributed by atoms with Crippen LogP contribution in [0.25, 0.3) is 0 Å². The number of anilines is 1.